The highest BCUT2D eigenvalue weighted by Gasteiger charge is 2.37. The fourth-order valence-electron chi connectivity index (χ4n) is 6.84. The standard InChI is InChI=1S/C33H47N3O5/c1-22-29(31(32(37)38)41-33(2,3)4)30(36-15-11-24-7-5-6-8-25(24)21-36)27(20-34-22)28-10-9-26(19-35-28)40-18-14-23-12-16-39-17-13-23/h9-10,19-20,23-25,31H,5-8,11-18,21H2,1-4H3,(H,37,38)/t24?,25?,31-/m0/s1. The SMILES string of the molecule is Cc1ncc(-c2ccc(OCCC3CCOCC3)cn2)c(N2CCC3CCCCC3C2)c1[C@H](OC(C)(C)C)C(=O)O. The molecule has 0 amide bonds. The van der Waals surface area contributed by atoms with Gasteiger partial charge in [-0.25, -0.2) is 4.79 Å². The molecule has 0 aromatic carbocycles. The minimum absolute atomic E-state index is 0.623. The molecule has 3 fully saturated rings. The molecular weight excluding hydrogens is 518 g/mol. The number of fused-ring (bicyclic) bond motifs is 1. The van der Waals surface area contributed by atoms with Crippen molar-refractivity contribution >= 4 is 11.7 Å². The summed E-state index contributed by atoms with van der Waals surface area (Å²) in [5.41, 5.74) is 3.19. The number of piperidine rings is 1. The number of carboxylic acids is 1. The van der Waals surface area contributed by atoms with Gasteiger partial charge in [-0.2, -0.15) is 0 Å². The number of hydrogen-bond acceptors (Lipinski definition) is 7. The van der Waals surface area contributed by atoms with Crippen LogP contribution in [0.1, 0.15) is 89.5 Å². The number of ether oxygens (including phenoxy) is 3. The molecule has 8 nitrogen and oxygen atoms in total. The topological polar surface area (TPSA) is 94.0 Å². The number of nitrogens with zero attached hydrogens (tertiary/aromatic N) is 3. The van der Waals surface area contributed by atoms with Crippen molar-refractivity contribution in [2.24, 2.45) is 17.8 Å². The van der Waals surface area contributed by atoms with Gasteiger partial charge in [0.2, 0.25) is 0 Å². The number of pyridine rings is 2. The van der Waals surface area contributed by atoms with Crippen molar-refractivity contribution in [2.75, 3.05) is 37.8 Å². The van der Waals surface area contributed by atoms with E-state index in [1.807, 2.05) is 46.0 Å². The number of anilines is 1. The molecule has 0 radical (unpaired) electrons. The quantitative estimate of drug-likeness (QED) is 0.363. The molecule has 3 aliphatic rings. The zero-order valence-electron chi connectivity index (χ0n) is 25.2. The van der Waals surface area contributed by atoms with E-state index in [4.69, 9.17) is 24.2 Å². The summed E-state index contributed by atoms with van der Waals surface area (Å²) in [6.07, 6.45) is 12.0. The van der Waals surface area contributed by atoms with Gasteiger partial charge in [0.1, 0.15) is 5.75 Å². The van der Waals surface area contributed by atoms with E-state index in [2.05, 4.69) is 4.90 Å². The Bertz CT molecular complexity index is 1170. The fourth-order valence-corrected chi connectivity index (χ4v) is 6.84. The van der Waals surface area contributed by atoms with E-state index >= 15 is 0 Å². The summed E-state index contributed by atoms with van der Waals surface area (Å²) in [7, 11) is 0. The highest BCUT2D eigenvalue weighted by molar-refractivity contribution is 5.85. The molecule has 1 N–H and O–H groups in total. The van der Waals surface area contributed by atoms with Crippen LogP contribution in [0.15, 0.2) is 24.5 Å². The molecule has 4 heterocycles. The Morgan fingerprint density at radius 3 is 2.51 bits per heavy atom. The Kier molecular flexibility index (Phi) is 9.49. The zero-order chi connectivity index (χ0) is 29.0. The Morgan fingerprint density at radius 1 is 1.07 bits per heavy atom. The normalized spacial score (nSPS) is 22.7. The third-order valence-corrected chi connectivity index (χ3v) is 9.00. The van der Waals surface area contributed by atoms with Crippen molar-refractivity contribution in [3.05, 3.63) is 35.8 Å². The summed E-state index contributed by atoms with van der Waals surface area (Å²) in [6, 6.07) is 3.93. The van der Waals surface area contributed by atoms with E-state index in [-0.39, 0.29) is 0 Å². The molecule has 2 aliphatic heterocycles. The van der Waals surface area contributed by atoms with E-state index in [0.29, 0.717) is 29.7 Å². The fraction of sp³-hybridized carbons (Fsp3) is 0.667. The first-order valence-corrected chi connectivity index (χ1v) is 15.5. The predicted octanol–water partition coefficient (Wildman–Crippen LogP) is 6.60. The second-order valence-electron chi connectivity index (χ2n) is 13.1. The van der Waals surface area contributed by atoms with Gasteiger partial charge >= 0.3 is 5.97 Å². The van der Waals surface area contributed by atoms with E-state index in [1.54, 1.807) is 6.20 Å². The van der Waals surface area contributed by atoms with Gasteiger partial charge in [0, 0.05) is 49.3 Å². The monoisotopic (exact) mass is 565 g/mol. The van der Waals surface area contributed by atoms with Crippen molar-refractivity contribution in [1.29, 1.82) is 0 Å². The predicted molar refractivity (Wildman–Crippen MR) is 159 cm³/mol. The summed E-state index contributed by atoms with van der Waals surface area (Å²) in [5, 5.41) is 10.4. The van der Waals surface area contributed by atoms with Crippen molar-refractivity contribution in [2.45, 2.75) is 90.8 Å². The number of aliphatic carboxylic acids is 1. The van der Waals surface area contributed by atoms with Gasteiger partial charge in [0.15, 0.2) is 6.10 Å². The van der Waals surface area contributed by atoms with Crippen LogP contribution in [0, 0.1) is 24.7 Å². The molecule has 41 heavy (non-hydrogen) atoms. The lowest BCUT2D eigenvalue weighted by Gasteiger charge is -2.44. The van der Waals surface area contributed by atoms with Crippen LogP contribution in [0.5, 0.6) is 5.75 Å². The van der Waals surface area contributed by atoms with E-state index < -0.39 is 17.7 Å². The molecule has 1 aliphatic carbocycles. The summed E-state index contributed by atoms with van der Waals surface area (Å²) < 4.78 is 17.7. The van der Waals surface area contributed by atoms with Crippen molar-refractivity contribution in [3.63, 3.8) is 0 Å². The molecule has 8 heteroatoms. The van der Waals surface area contributed by atoms with Crippen LogP contribution >= 0.6 is 0 Å². The van der Waals surface area contributed by atoms with Crippen LogP contribution in [0.2, 0.25) is 0 Å². The Balaban J connectivity index is 1.46. The summed E-state index contributed by atoms with van der Waals surface area (Å²) in [4.78, 5) is 24.6. The first-order valence-electron chi connectivity index (χ1n) is 15.5. The lowest BCUT2D eigenvalue weighted by atomic mass is 9.75. The maximum atomic E-state index is 12.7. The minimum Gasteiger partial charge on any atom is -0.492 e. The molecule has 3 atom stereocenters. The van der Waals surface area contributed by atoms with Crippen LogP contribution in [-0.2, 0) is 14.3 Å². The number of carbonyl (C=O) groups is 1. The van der Waals surface area contributed by atoms with Gasteiger partial charge in [0.25, 0.3) is 0 Å². The second-order valence-corrected chi connectivity index (χ2v) is 13.1. The van der Waals surface area contributed by atoms with E-state index in [9.17, 15) is 9.90 Å². The van der Waals surface area contributed by atoms with Gasteiger partial charge in [-0.3, -0.25) is 9.97 Å². The average molecular weight is 566 g/mol. The molecule has 5 rings (SSSR count). The highest BCUT2D eigenvalue weighted by Crippen LogP contribution is 2.44. The van der Waals surface area contributed by atoms with Crippen LogP contribution in [0.4, 0.5) is 5.69 Å². The second kappa shape index (κ2) is 13.1. The molecule has 1 saturated carbocycles. The largest absolute Gasteiger partial charge is 0.492 e. The molecule has 2 aromatic rings. The van der Waals surface area contributed by atoms with E-state index in [1.165, 1.54) is 25.7 Å². The minimum atomic E-state index is -1.13. The van der Waals surface area contributed by atoms with Gasteiger partial charge in [-0.15, -0.1) is 0 Å². The molecular formula is C33H47N3O5. The molecule has 224 valence electrons. The number of aromatic nitrogens is 2. The molecule has 0 bridgehead atoms. The van der Waals surface area contributed by atoms with Crippen LogP contribution in [0.25, 0.3) is 11.3 Å². The number of carboxylic acid groups (broad SMARTS) is 1. The molecule has 2 aromatic heterocycles. The van der Waals surface area contributed by atoms with Crippen molar-refractivity contribution in [1.82, 2.24) is 9.97 Å². The Hall–Kier alpha value is -2.71. The number of hydrogen-bond donors (Lipinski definition) is 1. The van der Waals surface area contributed by atoms with Crippen LogP contribution in [0.3, 0.4) is 0 Å². The number of rotatable bonds is 9. The summed E-state index contributed by atoms with van der Waals surface area (Å²) in [5.74, 6) is 1.77. The first-order chi connectivity index (χ1) is 19.7. The molecule has 0 spiro atoms. The van der Waals surface area contributed by atoms with Crippen LogP contribution < -0.4 is 9.64 Å². The van der Waals surface area contributed by atoms with Gasteiger partial charge in [-0.1, -0.05) is 19.3 Å². The first kappa shape index (κ1) is 29.8. The van der Waals surface area contributed by atoms with Crippen LogP contribution in [-0.4, -0.2) is 59.6 Å². The lowest BCUT2D eigenvalue weighted by Crippen LogP contribution is -2.43. The van der Waals surface area contributed by atoms with Gasteiger partial charge in [-0.05, 0) is 89.7 Å². The average Bonchev–Trinajstić information content (AvgIpc) is 2.96. The summed E-state index contributed by atoms with van der Waals surface area (Å²) >= 11 is 0. The lowest BCUT2D eigenvalue weighted by molar-refractivity contribution is -0.160. The van der Waals surface area contributed by atoms with E-state index in [0.717, 1.165) is 80.6 Å². The third-order valence-electron chi connectivity index (χ3n) is 9.00. The maximum absolute atomic E-state index is 12.7. The zero-order valence-corrected chi connectivity index (χ0v) is 25.2. The van der Waals surface area contributed by atoms with Crippen molar-refractivity contribution in [3.8, 4) is 17.0 Å². The molecule has 2 unspecified atom stereocenters. The summed E-state index contributed by atoms with van der Waals surface area (Å²) in [6.45, 7) is 11.7. The highest BCUT2D eigenvalue weighted by atomic mass is 16.5. The van der Waals surface area contributed by atoms with Gasteiger partial charge < -0.3 is 24.2 Å². The Morgan fingerprint density at radius 2 is 1.83 bits per heavy atom. The number of aryl methyl sites for hydroxylation is 1. The maximum Gasteiger partial charge on any atom is 0.337 e. The molecule has 2 saturated heterocycles. The van der Waals surface area contributed by atoms with Crippen molar-refractivity contribution < 1.29 is 24.1 Å². The Labute approximate surface area is 244 Å². The smallest absolute Gasteiger partial charge is 0.337 e. The third kappa shape index (κ3) is 7.39. The van der Waals surface area contributed by atoms with Gasteiger partial charge in [0.05, 0.1) is 29.8 Å².